The number of hydrogen-bond donors (Lipinski definition) is 3. The maximum Gasteiger partial charge on any atom is 0.139 e. The van der Waals surface area contributed by atoms with Gasteiger partial charge in [0, 0.05) is 24.1 Å². The molecule has 0 aliphatic carbocycles. The fourth-order valence-corrected chi connectivity index (χ4v) is 1.15. The van der Waals surface area contributed by atoms with Crippen LogP contribution in [-0.2, 0) is 9.53 Å². The van der Waals surface area contributed by atoms with Crippen molar-refractivity contribution in [2.24, 2.45) is 0 Å². The van der Waals surface area contributed by atoms with Crippen molar-refractivity contribution in [1.82, 2.24) is 0 Å². The number of hydrogen-bond acceptors (Lipinski definition) is 5. The van der Waals surface area contributed by atoms with Crippen LogP contribution in [0.4, 0.5) is 5.69 Å². The van der Waals surface area contributed by atoms with Crippen LogP contribution in [-0.4, -0.2) is 36.4 Å². The van der Waals surface area contributed by atoms with Crippen LogP contribution in [0.15, 0.2) is 18.2 Å². The number of ether oxygens (including phenoxy) is 1. The Bertz CT molecular complexity index is 452. The summed E-state index contributed by atoms with van der Waals surface area (Å²) in [6.45, 7) is 15.9. The molecule has 0 spiro atoms. The van der Waals surface area contributed by atoms with Crippen LogP contribution >= 0.6 is 0 Å². The molecule has 0 saturated carbocycles. The van der Waals surface area contributed by atoms with Crippen LogP contribution in [0.1, 0.15) is 61.0 Å². The predicted octanol–water partition coefficient (Wildman–Crippen LogP) is 4.87. The van der Waals surface area contributed by atoms with Gasteiger partial charge in [-0.15, -0.1) is 0 Å². The van der Waals surface area contributed by atoms with Gasteiger partial charge < -0.3 is 25.4 Å². The summed E-state index contributed by atoms with van der Waals surface area (Å²) < 4.78 is 4.94. The number of methoxy groups -OCH3 is 1. The number of carbonyl (C=O) groups excluding carboxylic acids is 1. The Morgan fingerprint density at radius 2 is 1.71 bits per heavy atom. The second kappa shape index (κ2) is 16.0. The zero-order valence-electron chi connectivity index (χ0n) is 16.8. The van der Waals surface area contributed by atoms with E-state index in [1.165, 1.54) is 12.1 Å². The number of anilines is 1. The Hall–Kier alpha value is -1.88. The molecule has 0 amide bonds. The number of rotatable bonds is 4. The number of aromatic hydroxyl groups is 1. The van der Waals surface area contributed by atoms with Crippen LogP contribution in [0.2, 0.25) is 0 Å². The zero-order chi connectivity index (χ0) is 19.8. The van der Waals surface area contributed by atoms with E-state index in [-0.39, 0.29) is 17.9 Å². The lowest BCUT2D eigenvalue weighted by molar-refractivity contribution is -0.106. The van der Waals surface area contributed by atoms with Crippen LogP contribution in [0.5, 0.6) is 5.75 Å². The highest BCUT2D eigenvalue weighted by Gasteiger charge is 2.05. The zero-order valence-corrected chi connectivity index (χ0v) is 16.8. The first-order valence-electron chi connectivity index (χ1n) is 8.32. The summed E-state index contributed by atoms with van der Waals surface area (Å²) in [5.41, 5.74) is 1.67. The van der Waals surface area contributed by atoms with Gasteiger partial charge in [-0.25, -0.2) is 0 Å². The molecule has 0 unspecified atom stereocenters. The first-order chi connectivity index (χ1) is 11.2. The highest BCUT2D eigenvalue weighted by Crippen LogP contribution is 2.21. The topological polar surface area (TPSA) is 82.4 Å². The molecule has 140 valence electrons. The molecule has 0 aliphatic rings. The van der Waals surface area contributed by atoms with Gasteiger partial charge in [-0.2, -0.15) is 0 Å². The maximum absolute atomic E-state index is 10.2. The summed E-state index contributed by atoms with van der Waals surface area (Å²) in [4.78, 5) is 10.2. The highest BCUT2D eigenvalue weighted by molar-refractivity contribution is 6.01. The van der Waals surface area contributed by atoms with Gasteiger partial charge in [-0.1, -0.05) is 27.7 Å². The molecule has 5 nitrogen and oxygen atoms in total. The molecule has 0 heterocycles. The summed E-state index contributed by atoms with van der Waals surface area (Å²) in [5, 5.41) is 19.5. The fourth-order valence-electron chi connectivity index (χ4n) is 1.15. The lowest BCUT2D eigenvalue weighted by Gasteiger charge is -2.14. The molecule has 0 atom stereocenters. The van der Waals surface area contributed by atoms with Gasteiger partial charge in [0.05, 0.1) is 12.1 Å². The first kappa shape index (κ1) is 27.0. The van der Waals surface area contributed by atoms with E-state index in [1.807, 2.05) is 48.5 Å². The summed E-state index contributed by atoms with van der Waals surface area (Å²) in [6, 6.07) is 4.65. The molecule has 1 aromatic carbocycles. The monoisotopic (exact) mass is 340 g/mol. The molecule has 0 aromatic heterocycles. The largest absolute Gasteiger partial charge is 0.508 e. The minimum atomic E-state index is 0.0417. The molecular formula is C19H36N2O3. The Kier molecular flexibility index (Phi) is 18.0. The van der Waals surface area contributed by atoms with Crippen LogP contribution < -0.4 is 5.32 Å². The highest BCUT2D eigenvalue weighted by atomic mass is 16.5. The van der Waals surface area contributed by atoms with Gasteiger partial charge in [0.1, 0.15) is 12.0 Å². The third-order valence-corrected chi connectivity index (χ3v) is 2.40. The van der Waals surface area contributed by atoms with Crippen LogP contribution in [0.3, 0.4) is 0 Å². The second-order valence-electron chi connectivity index (χ2n) is 5.22. The van der Waals surface area contributed by atoms with Crippen molar-refractivity contribution < 1.29 is 14.6 Å². The van der Waals surface area contributed by atoms with Crippen LogP contribution in [0, 0.1) is 5.41 Å². The molecule has 0 aliphatic heterocycles. The lowest BCUT2D eigenvalue weighted by Crippen LogP contribution is -2.15. The van der Waals surface area contributed by atoms with Gasteiger partial charge >= 0.3 is 0 Å². The minimum Gasteiger partial charge on any atom is -0.508 e. The normalized spacial score (nSPS) is 9.04. The Labute approximate surface area is 147 Å². The van der Waals surface area contributed by atoms with Gasteiger partial charge in [-0.3, -0.25) is 0 Å². The van der Waals surface area contributed by atoms with Gasteiger partial charge in [0.25, 0.3) is 0 Å². The summed E-state index contributed by atoms with van der Waals surface area (Å²) in [6.07, 6.45) is 0.746. The average molecular weight is 341 g/mol. The van der Waals surface area contributed by atoms with Crippen molar-refractivity contribution in [2.45, 2.75) is 61.0 Å². The van der Waals surface area contributed by atoms with E-state index in [4.69, 9.17) is 10.1 Å². The van der Waals surface area contributed by atoms with Gasteiger partial charge in [-0.05, 0) is 45.9 Å². The Morgan fingerprint density at radius 1 is 1.25 bits per heavy atom. The number of phenols is 1. The molecule has 3 N–H and O–H groups in total. The van der Waals surface area contributed by atoms with Crippen molar-refractivity contribution in [2.75, 3.05) is 19.0 Å². The summed E-state index contributed by atoms with van der Waals surface area (Å²) in [7, 11) is 1.71. The molecule has 5 heteroatoms. The third-order valence-electron chi connectivity index (χ3n) is 2.40. The molecule has 0 saturated heterocycles. The third kappa shape index (κ3) is 15.0. The molecular weight excluding hydrogens is 304 g/mol. The summed E-state index contributed by atoms with van der Waals surface area (Å²) in [5.74, 6) is 0.114. The molecule has 24 heavy (non-hydrogen) atoms. The van der Waals surface area contributed by atoms with E-state index in [9.17, 15) is 9.90 Å². The SMILES string of the molecule is CC.CC.CC(=N)c1cc(O)ccc1NCC=O.COC(C)(C)C. The molecule has 0 fully saturated rings. The van der Waals surface area contributed by atoms with E-state index in [1.54, 1.807) is 20.1 Å². The van der Waals surface area contributed by atoms with E-state index in [0.29, 0.717) is 17.0 Å². The van der Waals surface area contributed by atoms with E-state index in [2.05, 4.69) is 5.32 Å². The van der Waals surface area contributed by atoms with Crippen molar-refractivity contribution in [3.05, 3.63) is 23.8 Å². The van der Waals surface area contributed by atoms with Crippen molar-refractivity contribution >= 4 is 17.7 Å². The van der Waals surface area contributed by atoms with Gasteiger partial charge in [0.2, 0.25) is 0 Å². The van der Waals surface area contributed by atoms with E-state index in [0.717, 1.165) is 6.29 Å². The molecule has 0 radical (unpaired) electrons. The standard InChI is InChI=1S/C10H12N2O2.C5H12O.2C2H6/c1-7(11)9-6-8(14)2-3-10(9)12-4-5-13;1-5(2,3)6-4;2*1-2/h2-3,5-6,11-12,14H,4H2,1H3;1-4H3;2*1-2H3. The van der Waals surface area contributed by atoms with E-state index >= 15 is 0 Å². The van der Waals surface area contributed by atoms with Crippen molar-refractivity contribution in [3.8, 4) is 5.75 Å². The smallest absolute Gasteiger partial charge is 0.139 e. The van der Waals surface area contributed by atoms with Crippen molar-refractivity contribution in [1.29, 1.82) is 5.41 Å². The number of phenolic OH excluding ortho intramolecular Hbond substituents is 1. The quantitative estimate of drug-likeness (QED) is 0.415. The number of aldehydes is 1. The first-order valence-corrected chi connectivity index (χ1v) is 8.32. The molecule has 1 rings (SSSR count). The maximum atomic E-state index is 10.2. The number of benzene rings is 1. The average Bonchev–Trinajstić information content (AvgIpc) is 2.57. The fraction of sp³-hybridized carbons (Fsp3) is 0.579. The summed E-state index contributed by atoms with van der Waals surface area (Å²) >= 11 is 0. The van der Waals surface area contributed by atoms with Gasteiger partial charge in [0.15, 0.2) is 0 Å². The minimum absolute atomic E-state index is 0.0417. The van der Waals surface area contributed by atoms with E-state index < -0.39 is 0 Å². The molecule has 1 aromatic rings. The Balaban J connectivity index is -0.000000371. The molecule has 0 bridgehead atoms. The number of carbonyl (C=O) groups is 1. The van der Waals surface area contributed by atoms with Crippen molar-refractivity contribution in [3.63, 3.8) is 0 Å². The van der Waals surface area contributed by atoms with Crippen LogP contribution in [0.25, 0.3) is 0 Å². The Morgan fingerprint density at radius 3 is 2.04 bits per heavy atom. The lowest BCUT2D eigenvalue weighted by atomic mass is 10.1. The number of nitrogens with one attached hydrogen (secondary N) is 2. The predicted molar refractivity (Wildman–Crippen MR) is 105 cm³/mol. The second-order valence-corrected chi connectivity index (χ2v) is 5.22.